The Balaban J connectivity index is 1.17. The van der Waals surface area contributed by atoms with Crippen LogP contribution in [-0.2, 0) is 19.1 Å². The second-order valence-corrected chi connectivity index (χ2v) is 14.3. The van der Waals surface area contributed by atoms with E-state index in [4.69, 9.17) is 18.9 Å². The molecule has 4 atom stereocenters. The van der Waals surface area contributed by atoms with Gasteiger partial charge in [-0.3, -0.25) is 4.79 Å². The van der Waals surface area contributed by atoms with Gasteiger partial charge in [-0.2, -0.15) is 0 Å². The van der Waals surface area contributed by atoms with Crippen molar-refractivity contribution in [1.29, 1.82) is 0 Å². The van der Waals surface area contributed by atoms with Gasteiger partial charge in [0.25, 0.3) is 0 Å². The van der Waals surface area contributed by atoms with Crippen LogP contribution in [0.4, 0.5) is 0 Å². The zero-order valence-corrected chi connectivity index (χ0v) is 23.5. The van der Waals surface area contributed by atoms with Crippen molar-refractivity contribution in [2.45, 2.75) is 70.0 Å². The molecule has 6 rings (SSSR count). The first-order valence-corrected chi connectivity index (χ1v) is 15.0. The van der Waals surface area contributed by atoms with Crippen molar-refractivity contribution in [3.8, 4) is 11.5 Å². The van der Waals surface area contributed by atoms with Gasteiger partial charge in [0.15, 0.2) is 0 Å². The van der Waals surface area contributed by atoms with Gasteiger partial charge in [0.1, 0.15) is 0 Å². The molecule has 4 aliphatic carbocycles. The Labute approximate surface area is 223 Å². The topological polar surface area (TPSA) is 71.1 Å². The maximum atomic E-state index is 12.9. The Morgan fingerprint density at radius 3 is 1.92 bits per heavy atom. The summed E-state index contributed by atoms with van der Waals surface area (Å²) in [6.45, 7) is 3.95. The number of ether oxygens (including phenoxy) is 4. The minimum absolute atomic E-state index is 0.0396. The van der Waals surface area contributed by atoms with Crippen molar-refractivity contribution < 1.29 is 28.5 Å². The van der Waals surface area contributed by atoms with Crippen molar-refractivity contribution in [2.75, 3.05) is 13.7 Å². The van der Waals surface area contributed by atoms with Gasteiger partial charge in [0.05, 0.1) is 0 Å². The molecule has 4 bridgehead atoms. The quantitative estimate of drug-likeness (QED) is 0.321. The Kier molecular flexibility index (Phi) is 7.00. The van der Waals surface area contributed by atoms with Crippen molar-refractivity contribution in [3.63, 3.8) is 0 Å². The first kappa shape index (κ1) is 25.4. The summed E-state index contributed by atoms with van der Waals surface area (Å²) in [5.41, 5.74) is -1.01. The second kappa shape index (κ2) is 9.91. The molecule has 0 N–H and O–H groups in total. The standard InChI is InChI=1S/C29H34O6Te/c1-4-25(30)34-28-14-20-13-27(2,17-28)18-29(15-20,19-28)35-26(31)16-33-22-7-11-24(12-8-22)36-23-9-5-21(32-3)6-10-23/h5-12,20H,4,13-19H2,1-3H3. The van der Waals surface area contributed by atoms with Gasteiger partial charge >= 0.3 is 206 Å². The van der Waals surface area contributed by atoms with Crippen LogP contribution in [0.5, 0.6) is 11.5 Å². The monoisotopic (exact) mass is 608 g/mol. The Morgan fingerprint density at radius 2 is 1.39 bits per heavy atom. The Morgan fingerprint density at radius 1 is 0.833 bits per heavy atom. The van der Waals surface area contributed by atoms with Crippen LogP contribution in [0.2, 0.25) is 0 Å². The van der Waals surface area contributed by atoms with E-state index < -0.39 is 32.1 Å². The van der Waals surface area contributed by atoms with Crippen LogP contribution in [0, 0.1) is 11.3 Å². The number of methoxy groups -OCH3 is 1. The molecular formula is C29H34O6Te. The molecule has 192 valence electrons. The molecule has 0 saturated heterocycles. The van der Waals surface area contributed by atoms with Crippen LogP contribution in [0.3, 0.4) is 0 Å². The van der Waals surface area contributed by atoms with Gasteiger partial charge in [-0.25, -0.2) is 0 Å². The first-order valence-electron chi connectivity index (χ1n) is 12.7. The number of benzene rings is 2. The molecule has 2 aromatic rings. The van der Waals surface area contributed by atoms with E-state index in [-0.39, 0.29) is 24.0 Å². The second-order valence-electron chi connectivity index (χ2n) is 11.0. The van der Waals surface area contributed by atoms with Crippen LogP contribution in [0.1, 0.15) is 58.8 Å². The SMILES string of the molecule is CCC(=O)OC12CC3CC(C)(C1)CC(OC(=O)COc1ccc([Te]c4ccc(OC)cc4)cc1)(C3)C2. The Bertz CT molecular complexity index is 1120. The number of esters is 2. The average Bonchev–Trinajstić information content (AvgIpc) is 2.82. The predicted molar refractivity (Wildman–Crippen MR) is 137 cm³/mol. The molecule has 6 nitrogen and oxygen atoms in total. The average molecular weight is 606 g/mol. The van der Waals surface area contributed by atoms with Crippen LogP contribution in [-0.4, -0.2) is 57.8 Å². The van der Waals surface area contributed by atoms with Crippen molar-refractivity contribution in [2.24, 2.45) is 11.3 Å². The molecule has 0 aliphatic heterocycles. The molecule has 4 fully saturated rings. The van der Waals surface area contributed by atoms with Crippen molar-refractivity contribution >= 4 is 40.1 Å². The number of carbonyl (C=O) groups is 2. The summed E-state index contributed by atoms with van der Waals surface area (Å²) < 4.78 is 25.8. The number of hydrogen-bond acceptors (Lipinski definition) is 6. The van der Waals surface area contributed by atoms with E-state index >= 15 is 0 Å². The summed E-state index contributed by atoms with van der Waals surface area (Å²) in [6.07, 6.45) is 5.52. The maximum absolute atomic E-state index is 12.9. The van der Waals surface area contributed by atoms with Crippen molar-refractivity contribution in [3.05, 3.63) is 48.5 Å². The van der Waals surface area contributed by atoms with Gasteiger partial charge in [-0.05, 0) is 0 Å². The first-order chi connectivity index (χ1) is 17.2. The molecule has 2 aromatic carbocycles. The molecular weight excluding hydrogens is 572 g/mol. The molecule has 0 amide bonds. The summed E-state index contributed by atoms with van der Waals surface area (Å²) in [5.74, 6) is 1.43. The zero-order valence-electron chi connectivity index (χ0n) is 21.2. The van der Waals surface area contributed by atoms with Gasteiger partial charge < -0.3 is 0 Å². The third-order valence-electron chi connectivity index (χ3n) is 7.67. The summed E-state index contributed by atoms with van der Waals surface area (Å²) in [4.78, 5) is 25.1. The van der Waals surface area contributed by atoms with Crippen LogP contribution < -0.4 is 16.7 Å². The van der Waals surface area contributed by atoms with Gasteiger partial charge in [-0.15, -0.1) is 0 Å². The third kappa shape index (κ3) is 5.53. The summed E-state index contributed by atoms with van der Waals surface area (Å²) >= 11 is -0.503. The molecule has 4 saturated carbocycles. The van der Waals surface area contributed by atoms with Gasteiger partial charge in [0.2, 0.25) is 0 Å². The van der Waals surface area contributed by atoms with Crippen molar-refractivity contribution in [1.82, 2.24) is 0 Å². The fourth-order valence-corrected chi connectivity index (χ4v) is 9.40. The Hall–Kier alpha value is -2.23. The molecule has 4 unspecified atom stereocenters. The molecule has 4 aliphatic rings. The number of carbonyl (C=O) groups excluding carboxylic acids is 2. The van der Waals surface area contributed by atoms with E-state index in [1.807, 2.05) is 31.2 Å². The molecule has 7 heteroatoms. The van der Waals surface area contributed by atoms with E-state index in [0.717, 1.165) is 37.9 Å². The zero-order chi connectivity index (χ0) is 25.4. The van der Waals surface area contributed by atoms with E-state index in [1.165, 1.54) is 7.22 Å². The van der Waals surface area contributed by atoms with Gasteiger partial charge in [0, 0.05) is 6.42 Å². The third-order valence-corrected chi connectivity index (χ3v) is 10.6. The normalized spacial score (nSPS) is 30.0. The molecule has 0 aromatic heterocycles. The van der Waals surface area contributed by atoms with E-state index in [9.17, 15) is 9.59 Å². The van der Waals surface area contributed by atoms with E-state index in [2.05, 4.69) is 31.2 Å². The minimum atomic E-state index is -0.559. The van der Waals surface area contributed by atoms with Crippen LogP contribution in [0.25, 0.3) is 0 Å². The molecule has 36 heavy (non-hydrogen) atoms. The fraction of sp³-hybridized carbons (Fsp3) is 0.517. The number of rotatable bonds is 9. The van der Waals surface area contributed by atoms with E-state index in [0.29, 0.717) is 24.5 Å². The molecule has 0 spiro atoms. The summed E-state index contributed by atoms with van der Waals surface area (Å²) in [6, 6.07) is 16.2. The van der Waals surface area contributed by atoms with Crippen LogP contribution >= 0.6 is 0 Å². The fourth-order valence-electron chi connectivity index (χ4n) is 7.07. The van der Waals surface area contributed by atoms with Gasteiger partial charge in [-0.1, -0.05) is 6.92 Å². The van der Waals surface area contributed by atoms with Crippen LogP contribution in [0.15, 0.2) is 48.5 Å². The molecule has 0 heterocycles. The van der Waals surface area contributed by atoms with E-state index in [1.54, 1.807) is 7.11 Å². The predicted octanol–water partition coefficient (Wildman–Crippen LogP) is 3.71. The summed E-state index contributed by atoms with van der Waals surface area (Å²) in [5, 5.41) is 0. The molecule has 0 radical (unpaired) electrons. The number of hydrogen-bond donors (Lipinski definition) is 0. The summed E-state index contributed by atoms with van der Waals surface area (Å²) in [7, 11) is 1.67.